The van der Waals surface area contributed by atoms with Crippen LogP contribution in [-0.4, -0.2) is 47.9 Å². The molecule has 0 radical (unpaired) electrons. The molecule has 2 amide bonds. The molecule has 2 aromatic carbocycles. The highest BCUT2D eigenvalue weighted by molar-refractivity contribution is 8.13. The van der Waals surface area contributed by atoms with E-state index in [9.17, 15) is 19.7 Å². The molecule has 2 aromatic rings. The summed E-state index contributed by atoms with van der Waals surface area (Å²) >= 11 is 2.46. The standard InChI is InChI=1S/C19H21N3O5S2/c1-21(2)19(24)29-15-7-5-14(6-8-15)20-18(23)12-28-11-13-4-9-17(27-3)16(10-13)22(25)26/h4-10H,11-12H2,1-3H3,(H,20,23). The predicted molar refractivity (Wildman–Crippen MR) is 116 cm³/mol. The first-order valence-corrected chi connectivity index (χ1v) is 10.5. The molecular weight excluding hydrogens is 414 g/mol. The zero-order valence-corrected chi connectivity index (χ0v) is 17.8. The largest absolute Gasteiger partial charge is 0.490 e. The van der Waals surface area contributed by atoms with Gasteiger partial charge in [0.2, 0.25) is 5.91 Å². The Labute approximate surface area is 177 Å². The molecule has 0 saturated heterocycles. The number of carbonyl (C=O) groups is 2. The number of rotatable bonds is 8. The van der Waals surface area contributed by atoms with Crippen LogP contribution in [0.15, 0.2) is 47.4 Å². The maximum Gasteiger partial charge on any atom is 0.311 e. The lowest BCUT2D eigenvalue weighted by atomic mass is 10.2. The average Bonchev–Trinajstić information content (AvgIpc) is 2.69. The molecule has 8 nitrogen and oxygen atoms in total. The van der Waals surface area contributed by atoms with Gasteiger partial charge in [-0.05, 0) is 47.7 Å². The topological polar surface area (TPSA) is 102 Å². The monoisotopic (exact) mass is 435 g/mol. The summed E-state index contributed by atoms with van der Waals surface area (Å²) in [6.07, 6.45) is 0. The van der Waals surface area contributed by atoms with E-state index in [-0.39, 0.29) is 28.3 Å². The lowest BCUT2D eigenvalue weighted by Crippen LogP contribution is -2.16. The molecule has 0 aliphatic carbocycles. The lowest BCUT2D eigenvalue weighted by Gasteiger charge is -2.10. The Kier molecular flexibility index (Phi) is 8.34. The second-order valence-electron chi connectivity index (χ2n) is 6.09. The van der Waals surface area contributed by atoms with Crippen molar-refractivity contribution in [2.24, 2.45) is 0 Å². The molecule has 0 saturated carbocycles. The van der Waals surface area contributed by atoms with Crippen LogP contribution in [0.25, 0.3) is 0 Å². The SMILES string of the molecule is COc1ccc(CSCC(=O)Nc2ccc(SC(=O)N(C)C)cc2)cc1[N+](=O)[O-]. The van der Waals surface area contributed by atoms with Crippen molar-refractivity contribution in [2.75, 3.05) is 32.3 Å². The smallest absolute Gasteiger partial charge is 0.311 e. The van der Waals surface area contributed by atoms with Crippen LogP contribution in [-0.2, 0) is 10.5 Å². The van der Waals surface area contributed by atoms with Crippen LogP contribution in [0, 0.1) is 10.1 Å². The highest BCUT2D eigenvalue weighted by Crippen LogP contribution is 2.29. The Morgan fingerprint density at radius 2 is 1.86 bits per heavy atom. The molecule has 0 bridgehead atoms. The van der Waals surface area contributed by atoms with Crippen LogP contribution < -0.4 is 10.1 Å². The highest BCUT2D eigenvalue weighted by Gasteiger charge is 2.15. The molecule has 0 atom stereocenters. The number of hydrogen-bond acceptors (Lipinski definition) is 7. The number of carbonyl (C=O) groups excluding carboxylic acids is 2. The Hall–Kier alpha value is -2.72. The minimum Gasteiger partial charge on any atom is -0.490 e. The summed E-state index contributed by atoms with van der Waals surface area (Å²) in [7, 11) is 4.75. The molecule has 10 heteroatoms. The van der Waals surface area contributed by atoms with Gasteiger partial charge in [0, 0.05) is 36.5 Å². The van der Waals surface area contributed by atoms with E-state index < -0.39 is 4.92 Å². The Bertz CT molecular complexity index is 888. The number of anilines is 1. The minimum atomic E-state index is -0.492. The molecule has 29 heavy (non-hydrogen) atoms. The number of methoxy groups -OCH3 is 1. The molecule has 1 N–H and O–H groups in total. The first kappa shape index (κ1) is 22.6. The van der Waals surface area contributed by atoms with Gasteiger partial charge in [-0.25, -0.2) is 0 Å². The predicted octanol–water partition coefficient (Wildman–Crippen LogP) is 4.25. The third-order valence-corrected chi connectivity index (χ3v) is 5.70. The van der Waals surface area contributed by atoms with E-state index in [1.165, 1.54) is 29.8 Å². The van der Waals surface area contributed by atoms with Gasteiger partial charge >= 0.3 is 5.69 Å². The molecule has 0 aliphatic heterocycles. The van der Waals surface area contributed by atoms with E-state index >= 15 is 0 Å². The molecule has 0 aromatic heterocycles. The normalized spacial score (nSPS) is 10.3. The van der Waals surface area contributed by atoms with Crippen LogP contribution in [0.5, 0.6) is 5.75 Å². The quantitative estimate of drug-likeness (QED) is 0.376. The molecule has 0 aliphatic rings. The van der Waals surface area contributed by atoms with Crippen molar-refractivity contribution in [1.29, 1.82) is 0 Å². The first-order valence-electron chi connectivity index (χ1n) is 8.48. The molecule has 0 fully saturated rings. The van der Waals surface area contributed by atoms with Gasteiger partial charge in [0.25, 0.3) is 5.24 Å². The van der Waals surface area contributed by atoms with Gasteiger partial charge in [-0.2, -0.15) is 0 Å². The van der Waals surface area contributed by atoms with E-state index in [0.29, 0.717) is 11.4 Å². The molecule has 0 spiro atoms. The molecule has 2 rings (SSSR count). The number of hydrogen-bond donors (Lipinski definition) is 1. The third kappa shape index (κ3) is 6.99. The summed E-state index contributed by atoms with van der Waals surface area (Å²) in [5.41, 5.74) is 1.28. The van der Waals surface area contributed by atoms with Gasteiger partial charge in [-0.1, -0.05) is 6.07 Å². The minimum absolute atomic E-state index is 0.0723. The molecule has 154 valence electrons. The van der Waals surface area contributed by atoms with E-state index in [2.05, 4.69) is 5.32 Å². The second-order valence-corrected chi connectivity index (χ2v) is 8.10. The van der Waals surface area contributed by atoms with Gasteiger partial charge in [0.05, 0.1) is 17.8 Å². The third-order valence-electron chi connectivity index (χ3n) is 3.65. The fourth-order valence-electron chi connectivity index (χ4n) is 2.23. The summed E-state index contributed by atoms with van der Waals surface area (Å²) in [5.74, 6) is 0.689. The maximum atomic E-state index is 12.1. The van der Waals surface area contributed by atoms with Crippen LogP contribution >= 0.6 is 23.5 Å². The number of benzene rings is 2. The maximum absolute atomic E-state index is 12.1. The van der Waals surface area contributed by atoms with Gasteiger partial charge in [-0.15, -0.1) is 11.8 Å². The van der Waals surface area contributed by atoms with Crippen LogP contribution in [0.2, 0.25) is 0 Å². The molecule has 0 unspecified atom stereocenters. The van der Waals surface area contributed by atoms with Crippen molar-refractivity contribution in [1.82, 2.24) is 4.90 Å². The number of thioether (sulfide) groups is 2. The van der Waals surface area contributed by atoms with Crippen LogP contribution in [0.1, 0.15) is 5.56 Å². The van der Waals surface area contributed by atoms with Crippen molar-refractivity contribution in [3.8, 4) is 5.75 Å². The van der Waals surface area contributed by atoms with Gasteiger partial charge in [0.15, 0.2) is 5.75 Å². The van der Waals surface area contributed by atoms with E-state index in [4.69, 9.17) is 4.74 Å². The highest BCUT2D eigenvalue weighted by atomic mass is 32.2. The Morgan fingerprint density at radius 3 is 2.45 bits per heavy atom. The molecular formula is C19H21N3O5S2. The van der Waals surface area contributed by atoms with E-state index in [1.54, 1.807) is 50.5 Å². The van der Waals surface area contributed by atoms with Crippen LogP contribution in [0.3, 0.4) is 0 Å². The summed E-state index contributed by atoms with van der Waals surface area (Å²) in [6, 6.07) is 11.8. The number of nitro groups is 1. The van der Waals surface area contributed by atoms with Gasteiger partial charge < -0.3 is 15.0 Å². The van der Waals surface area contributed by atoms with Gasteiger partial charge in [-0.3, -0.25) is 19.7 Å². The van der Waals surface area contributed by atoms with Crippen LogP contribution in [0.4, 0.5) is 16.2 Å². The number of amides is 2. The van der Waals surface area contributed by atoms with Crippen molar-refractivity contribution in [2.45, 2.75) is 10.6 Å². The summed E-state index contributed by atoms with van der Waals surface area (Å²) < 4.78 is 4.98. The van der Waals surface area contributed by atoms with Crippen molar-refractivity contribution >= 4 is 46.0 Å². The van der Waals surface area contributed by atoms with Crippen molar-refractivity contribution in [3.63, 3.8) is 0 Å². The molecule has 0 heterocycles. The fraction of sp³-hybridized carbons (Fsp3) is 0.263. The van der Waals surface area contributed by atoms with Crippen molar-refractivity contribution in [3.05, 3.63) is 58.1 Å². The first-order chi connectivity index (χ1) is 13.8. The number of ether oxygens (including phenoxy) is 1. The van der Waals surface area contributed by atoms with E-state index in [0.717, 1.165) is 22.2 Å². The zero-order valence-electron chi connectivity index (χ0n) is 16.2. The Balaban J connectivity index is 1.83. The number of nitrogens with one attached hydrogen (secondary N) is 1. The second kappa shape index (κ2) is 10.7. The van der Waals surface area contributed by atoms with E-state index in [1.807, 2.05) is 0 Å². The van der Waals surface area contributed by atoms with Gasteiger partial charge in [0.1, 0.15) is 0 Å². The fourth-order valence-corrected chi connectivity index (χ4v) is 3.66. The zero-order chi connectivity index (χ0) is 21.4. The lowest BCUT2D eigenvalue weighted by molar-refractivity contribution is -0.385. The summed E-state index contributed by atoms with van der Waals surface area (Å²) in [5, 5.41) is 13.8. The average molecular weight is 436 g/mol. The number of nitro benzene ring substituents is 1. The summed E-state index contributed by atoms with van der Waals surface area (Å²) in [4.78, 5) is 36.6. The summed E-state index contributed by atoms with van der Waals surface area (Å²) in [6.45, 7) is 0. The van der Waals surface area contributed by atoms with Crippen molar-refractivity contribution < 1.29 is 19.2 Å². The number of nitrogens with zero attached hydrogens (tertiary/aromatic N) is 2. The Morgan fingerprint density at radius 1 is 1.17 bits per heavy atom.